The number of hydrogen-bond acceptors (Lipinski definition) is 6. The zero-order chi connectivity index (χ0) is 54.5. The Labute approximate surface area is 457 Å². The minimum absolute atomic E-state index is 0.224. The SMILES string of the molecule is CC1CCC(C(C)C)C(OC(=O)Oc2ccc3cc2c2cc(ccc2OC(=O)OC2CC(C)CCC2C(C)C)c2ccccc2c2cc(C#C[Si](C)(C)C)c4[nH]c5c(C#C[Si](C)(C)C)cc(cc5c4c2)c2ccccc32)C1. The molecule has 2 saturated carbocycles. The zero-order valence-electron chi connectivity index (χ0n) is 47.2. The van der Waals surface area contributed by atoms with Gasteiger partial charge in [0.2, 0.25) is 0 Å². The second-order valence-corrected chi connectivity index (χ2v) is 34.7. The Morgan fingerprint density at radius 3 is 1.21 bits per heavy atom. The summed E-state index contributed by atoms with van der Waals surface area (Å²) in [6.07, 6.45) is 3.68. The highest BCUT2D eigenvalue weighted by Gasteiger charge is 2.36. The fraction of sp³-hybridized carbons (Fsp3) is 0.382. The van der Waals surface area contributed by atoms with E-state index >= 15 is 0 Å². The number of carbonyl (C=O) groups is 2. The maximum absolute atomic E-state index is 14.4. The molecule has 77 heavy (non-hydrogen) atoms. The van der Waals surface area contributed by atoms with Crippen LogP contribution in [0.1, 0.15) is 91.2 Å². The van der Waals surface area contributed by atoms with Gasteiger partial charge in [0.1, 0.15) is 39.9 Å². The van der Waals surface area contributed by atoms with Crippen LogP contribution in [0.5, 0.6) is 11.5 Å². The predicted molar refractivity (Wildman–Crippen MR) is 326 cm³/mol. The van der Waals surface area contributed by atoms with Crippen LogP contribution in [0.15, 0.2) is 109 Å². The predicted octanol–water partition coefficient (Wildman–Crippen LogP) is 18.6. The van der Waals surface area contributed by atoms with Crippen molar-refractivity contribution in [2.45, 2.75) is 132 Å². The summed E-state index contributed by atoms with van der Waals surface area (Å²) in [5.41, 5.74) is 11.2. The first-order valence-electron chi connectivity index (χ1n) is 28.1. The molecule has 7 nitrogen and oxygen atoms in total. The van der Waals surface area contributed by atoms with Crippen LogP contribution < -0.4 is 9.47 Å². The summed E-state index contributed by atoms with van der Waals surface area (Å²) in [6, 6.07) is 37.7. The van der Waals surface area contributed by atoms with E-state index in [1.807, 2.05) is 24.3 Å². The first kappa shape index (κ1) is 53.6. The van der Waals surface area contributed by atoms with Crippen molar-refractivity contribution in [3.63, 3.8) is 0 Å². The summed E-state index contributed by atoms with van der Waals surface area (Å²) in [5, 5.41) is 11.0. The molecule has 2 fully saturated rings. The Balaban J connectivity index is 1.31. The summed E-state index contributed by atoms with van der Waals surface area (Å²) >= 11 is 0. The van der Waals surface area contributed by atoms with Gasteiger partial charge in [-0.2, -0.15) is 0 Å². The second kappa shape index (κ2) is 21.6. The molecule has 9 heteroatoms. The number of ether oxygens (including phenoxy) is 4. The van der Waals surface area contributed by atoms with Crippen LogP contribution in [0.25, 0.3) is 75.7 Å². The van der Waals surface area contributed by atoms with Crippen molar-refractivity contribution in [2.24, 2.45) is 35.5 Å². The van der Waals surface area contributed by atoms with Crippen molar-refractivity contribution in [1.29, 1.82) is 0 Å². The standard InChI is InChI=1S/C68H75NO6Si2/c1-41(2)51-25-21-43(5)33-63(51)74-67(70)72-61-27-23-45-37-57(61)58-38-46(24-28-62(58)73-68(71)75-64-34-44(6)22-26-52(64)42(3)4)54-18-14-16-20-56(54)50-36-48(30-32-77(10,11)12)66-60(40-50)59-39-49(55-19-15-13-17-53(45)55)35-47(65(59)69-66)29-31-76(7,8)9/h13-20,23-24,27-28,35-44,51-52,63-64,69H,21-22,25-26,33-34H2,1-12H3. The molecule has 8 bridgehead atoms. The highest BCUT2D eigenvalue weighted by atomic mass is 28.3. The summed E-state index contributed by atoms with van der Waals surface area (Å²) in [5.74, 6) is 9.91. The summed E-state index contributed by atoms with van der Waals surface area (Å²) < 4.78 is 25.5. The van der Waals surface area contributed by atoms with Crippen LogP contribution in [0.2, 0.25) is 39.3 Å². The Bertz CT molecular complexity index is 3590. The van der Waals surface area contributed by atoms with Crippen molar-refractivity contribution < 1.29 is 28.5 Å². The van der Waals surface area contributed by atoms with E-state index in [1.54, 1.807) is 0 Å². The number of aromatic amines is 1. The molecule has 0 spiro atoms. The van der Waals surface area contributed by atoms with E-state index in [1.165, 1.54) is 0 Å². The first-order valence-corrected chi connectivity index (χ1v) is 35.1. The number of carbonyl (C=O) groups excluding carboxylic acids is 2. The van der Waals surface area contributed by atoms with Gasteiger partial charge < -0.3 is 23.9 Å². The molecule has 1 aromatic heterocycles. The van der Waals surface area contributed by atoms with Crippen molar-refractivity contribution in [1.82, 2.24) is 4.98 Å². The van der Waals surface area contributed by atoms with E-state index < -0.39 is 28.5 Å². The number of hydrogen-bond donors (Lipinski definition) is 1. The highest BCUT2D eigenvalue weighted by Crippen LogP contribution is 2.42. The number of benzene rings is 6. The molecular formula is C68H75NO6Si2. The molecule has 0 radical (unpaired) electrons. The Kier molecular flexibility index (Phi) is 15.0. The van der Waals surface area contributed by atoms with E-state index in [9.17, 15) is 9.59 Å². The Morgan fingerprint density at radius 2 is 0.844 bits per heavy atom. The molecule has 6 atom stereocenters. The van der Waals surface area contributed by atoms with E-state index in [4.69, 9.17) is 18.9 Å². The van der Waals surface area contributed by atoms with Gasteiger partial charge in [0.05, 0.1) is 11.0 Å². The van der Waals surface area contributed by atoms with Crippen LogP contribution in [0, 0.1) is 58.4 Å². The van der Waals surface area contributed by atoms with Gasteiger partial charge in [0, 0.05) is 32.7 Å². The van der Waals surface area contributed by atoms with Gasteiger partial charge in [0.15, 0.2) is 0 Å². The van der Waals surface area contributed by atoms with Gasteiger partial charge in [-0.3, -0.25) is 0 Å². The minimum atomic E-state index is -1.82. The van der Waals surface area contributed by atoms with E-state index in [2.05, 4.69) is 194 Å². The third-order valence-corrected chi connectivity index (χ3v) is 17.9. The smallest absolute Gasteiger partial charge is 0.430 e. The fourth-order valence-electron chi connectivity index (χ4n) is 12.1. The molecule has 8 aromatic rings. The lowest BCUT2D eigenvalue weighted by molar-refractivity contribution is -0.0143. The summed E-state index contributed by atoms with van der Waals surface area (Å²) in [4.78, 5) is 32.6. The van der Waals surface area contributed by atoms with Crippen LogP contribution >= 0.6 is 0 Å². The van der Waals surface area contributed by atoms with Crippen molar-refractivity contribution >= 4 is 104 Å². The van der Waals surface area contributed by atoms with Crippen molar-refractivity contribution in [3.8, 4) is 34.4 Å². The van der Waals surface area contributed by atoms with Gasteiger partial charge in [-0.05, 0) is 153 Å². The molecule has 1 N–H and O–H groups in total. The van der Waals surface area contributed by atoms with Crippen LogP contribution in [-0.2, 0) is 9.47 Å². The molecule has 0 amide bonds. The van der Waals surface area contributed by atoms with Gasteiger partial charge in [0.25, 0.3) is 0 Å². The van der Waals surface area contributed by atoms with E-state index in [0.29, 0.717) is 34.4 Å². The first-order chi connectivity index (χ1) is 36.7. The molecule has 0 saturated heterocycles. The Hall–Kier alpha value is -6.79. The highest BCUT2D eigenvalue weighted by molar-refractivity contribution is 6.84. The van der Waals surface area contributed by atoms with Crippen LogP contribution in [-0.4, -0.2) is 45.7 Å². The van der Waals surface area contributed by atoms with Gasteiger partial charge in [-0.25, -0.2) is 9.59 Å². The van der Waals surface area contributed by atoms with Gasteiger partial charge in [-0.15, -0.1) is 11.1 Å². The number of nitrogens with one attached hydrogen (secondary N) is 1. The number of fused-ring (bicyclic) bond motifs is 13. The number of H-pyrrole nitrogens is 1. The largest absolute Gasteiger partial charge is 0.514 e. The molecule has 2 aliphatic rings. The van der Waals surface area contributed by atoms with Gasteiger partial charge >= 0.3 is 12.3 Å². The molecule has 0 aliphatic heterocycles. The molecule has 2 aliphatic carbocycles. The van der Waals surface area contributed by atoms with Crippen molar-refractivity contribution in [2.75, 3.05) is 0 Å². The third kappa shape index (κ3) is 11.7. The van der Waals surface area contributed by atoms with E-state index in [0.717, 1.165) is 115 Å². The minimum Gasteiger partial charge on any atom is -0.430 e. The van der Waals surface area contributed by atoms with Crippen LogP contribution in [0.3, 0.4) is 0 Å². The molecule has 396 valence electrons. The molecule has 7 aromatic carbocycles. The topological polar surface area (TPSA) is 86.8 Å². The lowest BCUT2D eigenvalue weighted by Gasteiger charge is -2.36. The molecule has 1 heterocycles. The molecule has 6 unspecified atom stereocenters. The number of aromatic nitrogens is 1. The normalized spacial score (nSPS) is 20.0. The third-order valence-electron chi connectivity index (χ3n) is 16.1. The summed E-state index contributed by atoms with van der Waals surface area (Å²) in [6.45, 7) is 26.9. The quantitative estimate of drug-likeness (QED) is 0.0773. The van der Waals surface area contributed by atoms with Crippen LogP contribution in [0.4, 0.5) is 9.59 Å². The average Bonchev–Trinajstić information content (AvgIpc) is 3.77. The van der Waals surface area contributed by atoms with Crippen molar-refractivity contribution in [3.05, 3.63) is 120 Å². The maximum atomic E-state index is 14.4. The fourth-order valence-corrected chi connectivity index (χ4v) is 13.1. The lowest BCUT2D eigenvalue weighted by atomic mass is 9.75. The average molecular weight is 1060 g/mol. The second-order valence-electron chi connectivity index (χ2n) is 25.2. The Morgan fingerprint density at radius 1 is 0.481 bits per heavy atom. The zero-order valence-corrected chi connectivity index (χ0v) is 49.2. The van der Waals surface area contributed by atoms with E-state index in [-0.39, 0.29) is 35.5 Å². The lowest BCUT2D eigenvalue weighted by Crippen LogP contribution is -2.36. The summed E-state index contributed by atoms with van der Waals surface area (Å²) in [7, 11) is -3.64. The number of rotatable bonds is 6. The molecule has 10 rings (SSSR count). The monoisotopic (exact) mass is 1060 g/mol. The molecular weight excluding hydrogens is 983 g/mol. The van der Waals surface area contributed by atoms with Gasteiger partial charge in [-0.1, -0.05) is 166 Å². The maximum Gasteiger partial charge on any atom is 0.514 e.